The molecule has 0 spiro atoms. The number of para-hydroxylation sites is 1. The SMILES string of the molecule is CCCc1ccccc1NC(=O)c1ccc2c(c1)CNC2. The molecular weight excluding hydrogens is 260 g/mol. The van der Waals surface area contributed by atoms with Crippen molar-refractivity contribution >= 4 is 11.6 Å². The molecule has 0 atom stereocenters. The maximum atomic E-state index is 12.4. The highest BCUT2D eigenvalue weighted by atomic mass is 16.1. The first-order chi connectivity index (χ1) is 10.3. The Balaban J connectivity index is 1.80. The second-order valence-corrected chi connectivity index (χ2v) is 5.45. The van der Waals surface area contributed by atoms with E-state index in [0.29, 0.717) is 0 Å². The molecule has 0 unspecified atom stereocenters. The van der Waals surface area contributed by atoms with Gasteiger partial charge in [-0.05, 0) is 41.3 Å². The minimum Gasteiger partial charge on any atom is -0.322 e. The molecule has 21 heavy (non-hydrogen) atoms. The number of carbonyl (C=O) groups excluding carboxylic acids is 1. The van der Waals surface area contributed by atoms with Crippen LogP contribution in [-0.4, -0.2) is 5.91 Å². The first-order valence-electron chi connectivity index (χ1n) is 7.49. The summed E-state index contributed by atoms with van der Waals surface area (Å²) in [6, 6.07) is 14.0. The van der Waals surface area contributed by atoms with E-state index < -0.39 is 0 Å². The topological polar surface area (TPSA) is 41.1 Å². The lowest BCUT2D eigenvalue weighted by molar-refractivity contribution is 0.102. The third-order valence-electron chi connectivity index (χ3n) is 3.88. The van der Waals surface area contributed by atoms with Crippen molar-refractivity contribution < 1.29 is 4.79 Å². The minimum atomic E-state index is -0.0340. The summed E-state index contributed by atoms with van der Waals surface area (Å²) in [5.74, 6) is -0.0340. The van der Waals surface area contributed by atoms with Crippen LogP contribution in [0, 0.1) is 0 Å². The lowest BCUT2D eigenvalue weighted by atomic mass is 10.0. The fourth-order valence-corrected chi connectivity index (χ4v) is 2.76. The molecule has 1 amide bonds. The van der Waals surface area contributed by atoms with Crippen LogP contribution >= 0.6 is 0 Å². The molecule has 0 bridgehead atoms. The molecule has 0 saturated heterocycles. The highest BCUT2D eigenvalue weighted by Gasteiger charge is 2.14. The van der Waals surface area contributed by atoms with Crippen LogP contribution < -0.4 is 10.6 Å². The number of benzene rings is 2. The zero-order valence-corrected chi connectivity index (χ0v) is 12.3. The Morgan fingerprint density at radius 3 is 2.81 bits per heavy atom. The molecule has 3 rings (SSSR count). The van der Waals surface area contributed by atoms with Crippen molar-refractivity contribution in [2.24, 2.45) is 0 Å². The van der Waals surface area contributed by atoms with Crippen LogP contribution in [0.5, 0.6) is 0 Å². The molecule has 0 fully saturated rings. The predicted octanol–water partition coefficient (Wildman–Crippen LogP) is 3.49. The number of amides is 1. The highest BCUT2D eigenvalue weighted by Crippen LogP contribution is 2.20. The molecule has 3 heteroatoms. The van der Waals surface area contributed by atoms with Crippen LogP contribution in [0.25, 0.3) is 0 Å². The molecule has 0 saturated carbocycles. The summed E-state index contributed by atoms with van der Waals surface area (Å²) in [5, 5.41) is 6.34. The average Bonchev–Trinajstić information content (AvgIpc) is 2.97. The monoisotopic (exact) mass is 280 g/mol. The molecule has 2 N–H and O–H groups in total. The van der Waals surface area contributed by atoms with Gasteiger partial charge >= 0.3 is 0 Å². The number of hydrogen-bond donors (Lipinski definition) is 2. The molecular formula is C18H20N2O. The van der Waals surface area contributed by atoms with Crippen molar-refractivity contribution in [3.63, 3.8) is 0 Å². The van der Waals surface area contributed by atoms with Gasteiger partial charge in [0, 0.05) is 24.3 Å². The Kier molecular flexibility index (Phi) is 4.02. The van der Waals surface area contributed by atoms with Gasteiger partial charge in [-0.25, -0.2) is 0 Å². The highest BCUT2D eigenvalue weighted by molar-refractivity contribution is 6.04. The van der Waals surface area contributed by atoms with Crippen molar-refractivity contribution in [2.75, 3.05) is 5.32 Å². The van der Waals surface area contributed by atoms with Crippen molar-refractivity contribution in [3.8, 4) is 0 Å². The normalized spacial score (nSPS) is 13.0. The van der Waals surface area contributed by atoms with Crippen LogP contribution in [0.15, 0.2) is 42.5 Å². The van der Waals surface area contributed by atoms with Crippen LogP contribution in [0.2, 0.25) is 0 Å². The van der Waals surface area contributed by atoms with Gasteiger partial charge in [-0.2, -0.15) is 0 Å². The Labute approximate surface area is 125 Å². The fourth-order valence-electron chi connectivity index (χ4n) is 2.76. The molecule has 3 nitrogen and oxygen atoms in total. The Morgan fingerprint density at radius 1 is 1.14 bits per heavy atom. The van der Waals surface area contributed by atoms with Gasteiger partial charge in [-0.3, -0.25) is 4.79 Å². The van der Waals surface area contributed by atoms with E-state index in [-0.39, 0.29) is 5.91 Å². The van der Waals surface area contributed by atoms with Gasteiger partial charge in [-0.15, -0.1) is 0 Å². The Morgan fingerprint density at radius 2 is 1.95 bits per heavy atom. The second kappa shape index (κ2) is 6.10. The fraction of sp³-hybridized carbons (Fsp3) is 0.278. The number of rotatable bonds is 4. The van der Waals surface area contributed by atoms with Gasteiger partial charge in [0.2, 0.25) is 0 Å². The van der Waals surface area contributed by atoms with Gasteiger partial charge in [0.15, 0.2) is 0 Å². The van der Waals surface area contributed by atoms with Gasteiger partial charge in [-0.1, -0.05) is 37.6 Å². The van der Waals surface area contributed by atoms with Crippen LogP contribution in [0.4, 0.5) is 5.69 Å². The second-order valence-electron chi connectivity index (χ2n) is 5.45. The average molecular weight is 280 g/mol. The van der Waals surface area contributed by atoms with Crippen LogP contribution in [-0.2, 0) is 19.5 Å². The van der Waals surface area contributed by atoms with Crippen molar-refractivity contribution in [3.05, 3.63) is 64.7 Å². The lowest BCUT2D eigenvalue weighted by Crippen LogP contribution is -2.13. The van der Waals surface area contributed by atoms with E-state index in [0.717, 1.165) is 37.2 Å². The summed E-state index contributed by atoms with van der Waals surface area (Å²) in [6.45, 7) is 3.89. The van der Waals surface area contributed by atoms with E-state index in [4.69, 9.17) is 0 Å². The summed E-state index contributed by atoms with van der Waals surface area (Å²) in [4.78, 5) is 12.4. The molecule has 1 aliphatic heterocycles. The number of aryl methyl sites for hydroxylation is 1. The zero-order valence-electron chi connectivity index (χ0n) is 12.3. The summed E-state index contributed by atoms with van der Waals surface area (Å²) >= 11 is 0. The van der Waals surface area contributed by atoms with Gasteiger partial charge in [0.1, 0.15) is 0 Å². The summed E-state index contributed by atoms with van der Waals surface area (Å²) < 4.78 is 0. The molecule has 1 aliphatic rings. The third kappa shape index (κ3) is 2.98. The van der Waals surface area contributed by atoms with E-state index in [2.05, 4.69) is 23.6 Å². The predicted molar refractivity (Wildman–Crippen MR) is 85.4 cm³/mol. The van der Waals surface area contributed by atoms with Gasteiger partial charge in [0.25, 0.3) is 5.91 Å². The van der Waals surface area contributed by atoms with Gasteiger partial charge in [0.05, 0.1) is 0 Å². The maximum absolute atomic E-state index is 12.4. The van der Waals surface area contributed by atoms with Crippen molar-refractivity contribution in [1.82, 2.24) is 5.32 Å². The van der Waals surface area contributed by atoms with E-state index in [1.807, 2.05) is 36.4 Å². The quantitative estimate of drug-likeness (QED) is 0.900. The first-order valence-corrected chi connectivity index (χ1v) is 7.49. The van der Waals surface area contributed by atoms with Gasteiger partial charge < -0.3 is 10.6 Å². The van der Waals surface area contributed by atoms with E-state index in [1.54, 1.807) is 0 Å². The van der Waals surface area contributed by atoms with Crippen LogP contribution in [0.1, 0.15) is 40.4 Å². The number of nitrogens with one attached hydrogen (secondary N) is 2. The lowest BCUT2D eigenvalue weighted by Gasteiger charge is -2.11. The van der Waals surface area contributed by atoms with E-state index in [9.17, 15) is 4.79 Å². The van der Waals surface area contributed by atoms with Crippen LogP contribution in [0.3, 0.4) is 0 Å². The molecule has 0 aliphatic carbocycles. The van der Waals surface area contributed by atoms with E-state index in [1.165, 1.54) is 16.7 Å². The third-order valence-corrected chi connectivity index (χ3v) is 3.88. The number of carbonyl (C=O) groups is 1. The molecule has 2 aromatic rings. The minimum absolute atomic E-state index is 0.0340. The summed E-state index contributed by atoms with van der Waals surface area (Å²) in [6.07, 6.45) is 2.04. The molecule has 1 heterocycles. The number of fused-ring (bicyclic) bond motifs is 1. The molecule has 108 valence electrons. The molecule has 0 radical (unpaired) electrons. The number of anilines is 1. The van der Waals surface area contributed by atoms with Crippen molar-refractivity contribution in [1.29, 1.82) is 0 Å². The summed E-state index contributed by atoms with van der Waals surface area (Å²) in [5.41, 5.74) is 5.35. The Bertz CT molecular complexity index is 664. The maximum Gasteiger partial charge on any atom is 0.255 e. The van der Waals surface area contributed by atoms with E-state index >= 15 is 0 Å². The smallest absolute Gasteiger partial charge is 0.255 e. The zero-order chi connectivity index (χ0) is 14.7. The molecule has 2 aromatic carbocycles. The summed E-state index contributed by atoms with van der Waals surface area (Å²) in [7, 11) is 0. The van der Waals surface area contributed by atoms with Crippen molar-refractivity contribution in [2.45, 2.75) is 32.9 Å². The standard InChI is InChI=1S/C18H20N2O/c1-2-5-13-6-3-4-7-17(13)20-18(21)14-8-9-15-11-19-12-16(15)10-14/h3-4,6-10,19H,2,5,11-12H2,1H3,(H,20,21). The number of hydrogen-bond acceptors (Lipinski definition) is 2. The Hall–Kier alpha value is -2.13. The molecule has 0 aromatic heterocycles. The first kappa shape index (κ1) is 13.8. The largest absolute Gasteiger partial charge is 0.322 e.